The molecule has 1 aliphatic rings. The van der Waals surface area contributed by atoms with Gasteiger partial charge in [0.1, 0.15) is 12.4 Å². The molecule has 96 valence electrons. The lowest BCUT2D eigenvalue weighted by Gasteiger charge is -2.12. The Hall–Kier alpha value is -1.03. The molecule has 1 aromatic rings. The summed E-state index contributed by atoms with van der Waals surface area (Å²) in [6.45, 7) is 3.75. The Kier molecular flexibility index (Phi) is 4.86. The van der Waals surface area contributed by atoms with E-state index >= 15 is 0 Å². The highest BCUT2D eigenvalue weighted by Gasteiger charge is 2.16. The van der Waals surface area contributed by atoms with Gasteiger partial charge in [0.05, 0.1) is 5.69 Å². The molecule has 0 amide bonds. The Morgan fingerprint density at radius 2 is 2.12 bits per heavy atom. The van der Waals surface area contributed by atoms with Crippen molar-refractivity contribution in [1.82, 2.24) is 10.3 Å². The molecule has 0 unspecified atom stereocenters. The van der Waals surface area contributed by atoms with E-state index in [4.69, 9.17) is 9.15 Å². The average Bonchev–Trinajstić information content (AvgIpc) is 2.61. The van der Waals surface area contributed by atoms with E-state index in [1.165, 1.54) is 25.7 Å². The van der Waals surface area contributed by atoms with Gasteiger partial charge in [-0.05, 0) is 32.2 Å². The summed E-state index contributed by atoms with van der Waals surface area (Å²) >= 11 is 0. The number of ether oxygens (including phenoxy) is 1. The first-order valence-electron chi connectivity index (χ1n) is 6.70. The summed E-state index contributed by atoms with van der Waals surface area (Å²) in [6.07, 6.45) is 9.84. The molecule has 0 atom stereocenters. The van der Waals surface area contributed by atoms with E-state index in [1.54, 1.807) is 6.26 Å². The Bertz CT molecular complexity index is 317. The number of oxazole rings is 1. The van der Waals surface area contributed by atoms with Crippen molar-refractivity contribution in [3.05, 3.63) is 12.0 Å². The standard InChI is InChI=1S/C13H22N2O2/c1-2-14-9-11-10-16-13(15-11)17-12-7-5-3-4-6-8-12/h10,12,14H,2-9H2,1H3. The molecule has 0 radical (unpaired) electrons. The van der Waals surface area contributed by atoms with E-state index in [2.05, 4.69) is 17.2 Å². The summed E-state index contributed by atoms with van der Waals surface area (Å²) in [6, 6.07) is 0. The Balaban J connectivity index is 1.82. The first kappa shape index (κ1) is 12.4. The van der Waals surface area contributed by atoms with Crippen LogP contribution in [0.5, 0.6) is 6.08 Å². The number of rotatable bonds is 5. The molecule has 17 heavy (non-hydrogen) atoms. The van der Waals surface area contributed by atoms with Crippen molar-refractivity contribution >= 4 is 0 Å². The third kappa shape index (κ3) is 4.04. The lowest BCUT2D eigenvalue weighted by Crippen LogP contribution is -2.15. The van der Waals surface area contributed by atoms with Crippen molar-refractivity contribution in [3.8, 4) is 6.08 Å². The normalized spacial score (nSPS) is 17.9. The molecule has 1 N–H and O–H groups in total. The van der Waals surface area contributed by atoms with Crippen molar-refractivity contribution < 1.29 is 9.15 Å². The molecule has 4 nitrogen and oxygen atoms in total. The molecule has 0 aromatic carbocycles. The number of aromatic nitrogens is 1. The van der Waals surface area contributed by atoms with Crippen LogP contribution in [0.3, 0.4) is 0 Å². The maximum atomic E-state index is 5.79. The first-order chi connectivity index (χ1) is 8.38. The molecular formula is C13H22N2O2. The van der Waals surface area contributed by atoms with Crippen molar-refractivity contribution in [2.24, 2.45) is 0 Å². The van der Waals surface area contributed by atoms with Gasteiger partial charge >= 0.3 is 6.08 Å². The quantitative estimate of drug-likeness (QED) is 0.801. The summed E-state index contributed by atoms with van der Waals surface area (Å²) in [5.74, 6) is 0. The molecule has 1 aromatic heterocycles. The monoisotopic (exact) mass is 238 g/mol. The van der Waals surface area contributed by atoms with Gasteiger partial charge in [-0.3, -0.25) is 0 Å². The lowest BCUT2D eigenvalue weighted by molar-refractivity contribution is 0.133. The molecule has 0 bridgehead atoms. The fourth-order valence-electron chi connectivity index (χ4n) is 2.18. The van der Waals surface area contributed by atoms with Crippen molar-refractivity contribution in [2.75, 3.05) is 6.54 Å². The number of nitrogens with one attached hydrogen (secondary N) is 1. The highest BCUT2D eigenvalue weighted by atomic mass is 16.6. The summed E-state index contributed by atoms with van der Waals surface area (Å²) in [5, 5.41) is 3.21. The van der Waals surface area contributed by atoms with Crippen LogP contribution in [-0.4, -0.2) is 17.6 Å². The number of nitrogens with zero attached hydrogens (tertiary/aromatic N) is 1. The van der Waals surface area contributed by atoms with Crippen LogP contribution in [-0.2, 0) is 6.54 Å². The summed E-state index contributed by atoms with van der Waals surface area (Å²) < 4.78 is 11.1. The van der Waals surface area contributed by atoms with E-state index in [9.17, 15) is 0 Å². The van der Waals surface area contributed by atoms with E-state index in [-0.39, 0.29) is 0 Å². The minimum atomic E-state index is 0.295. The molecule has 1 heterocycles. The largest absolute Gasteiger partial charge is 0.447 e. The van der Waals surface area contributed by atoms with E-state index in [1.807, 2.05) is 0 Å². The minimum Gasteiger partial charge on any atom is -0.447 e. The molecule has 0 spiro atoms. The zero-order valence-corrected chi connectivity index (χ0v) is 10.6. The minimum absolute atomic E-state index is 0.295. The van der Waals surface area contributed by atoms with Crippen molar-refractivity contribution in [1.29, 1.82) is 0 Å². The van der Waals surface area contributed by atoms with Crippen LogP contribution >= 0.6 is 0 Å². The van der Waals surface area contributed by atoms with E-state index < -0.39 is 0 Å². The fourth-order valence-corrected chi connectivity index (χ4v) is 2.18. The maximum Gasteiger partial charge on any atom is 0.394 e. The van der Waals surface area contributed by atoms with Gasteiger partial charge in [-0.25, -0.2) is 0 Å². The smallest absolute Gasteiger partial charge is 0.394 e. The van der Waals surface area contributed by atoms with Crippen molar-refractivity contribution in [2.45, 2.75) is 58.1 Å². The van der Waals surface area contributed by atoms with Crippen LogP contribution in [0, 0.1) is 0 Å². The molecule has 0 saturated heterocycles. The zero-order chi connectivity index (χ0) is 11.9. The Labute approximate surface area is 103 Å². The van der Waals surface area contributed by atoms with Gasteiger partial charge in [0.15, 0.2) is 0 Å². The van der Waals surface area contributed by atoms with Crippen LogP contribution in [0.15, 0.2) is 10.7 Å². The van der Waals surface area contributed by atoms with Crippen LogP contribution in [0.25, 0.3) is 0 Å². The summed E-state index contributed by atoms with van der Waals surface area (Å²) in [4.78, 5) is 4.32. The van der Waals surface area contributed by atoms with Gasteiger partial charge in [0.2, 0.25) is 0 Å². The van der Waals surface area contributed by atoms with E-state index in [0.29, 0.717) is 12.2 Å². The second kappa shape index (κ2) is 6.64. The van der Waals surface area contributed by atoms with Crippen molar-refractivity contribution in [3.63, 3.8) is 0 Å². The molecule has 1 saturated carbocycles. The zero-order valence-electron chi connectivity index (χ0n) is 10.6. The first-order valence-corrected chi connectivity index (χ1v) is 6.70. The summed E-state index contributed by atoms with van der Waals surface area (Å²) in [5.41, 5.74) is 0.912. The van der Waals surface area contributed by atoms with Gasteiger partial charge in [-0.1, -0.05) is 19.8 Å². The fraction of sp³-hybridized carbons (Fsp3) is 0.769. The van der Waals surface area contributed by atoms with Gasteiger partial charge in [0.25, 0.3) is 0 Å². The summed E-state index contributed by atoms with van der Waals surface area (Å²) in [7, 11) is 0. The van der Waals surface area contributed by atoms with Crippen LogP contribution in [0.1, 0.15) is 51.1 Å². The topological polar surface area (TPSA) is 47.3 Å². The maximum absolute atomic E-state index is 5.79. The molecule has 2 rings (SSSR count). The predicted octanol–water partition coefficient (Wildman–Crippen LogP) is 2.89. The van der Waals surface area contributed by atoms with Gasteiger partial charge < -0.3 is 14.5 Å². The second-order valence-electron chi connectivity index (χ2n) is 4.62. The number of hydrogen-bond donors (Lipinski definition) is 1. The molecular weight excluding hydrogens is 216 g/mol. The highest BCUT2D eigenvalue weighted by molar-refractivity contribution is 4.99. The Morgan fingerprint density at radius 1 is 1.35 bits per heavy atom. The van der Waals surface area contributed by atoms with Gasteiger partial charge in [-0.15, -0.1) is 0 Å². The number of hydrogen-bond acceptors (Lipinski definition) is 4. The van der Waals surface area contributed by atoms with Crippen LogP contribution < -0.4 is 10.1 Å². The predicted molar refractivity (Wildman–Crippen MR) is 66.0 cm³/mol. The highest BCUT2D eigenvalue weighted by Crippen LogP contribution is 2.22. The molecule has 4 heteroatoms. The van der Waals surface area contributed by atoms with E-state index in [0.717, 1.165) is 31.6 Å². The SMILES string of the molecule is CCNCc1coc(OC2CCCCCC2)n1. The van der Waals surface area contributed by atoms with Gasteiger partial charge in [-0.2, -0.15) is 4.98 Å². The van der Waals surface area contributed by atoms with Gasteiger partial charge in [0, 0.05) is 6.54 Å². The molecule has 1 fully saturated rings. The lowest BCUT2D eigenvalue weighted by atomic mass is 10.2. The average molecular weight is 238 g/mol. The van der Waals surface area contributed by atoms with Crippen LogP contribution in [0.2, 0.25) is 0 Å². The molecule has 1 aliphatic carbocycles. The van der Waals surface area contributed by atoms with Crippen LogP contribution in [0.4, 0.5) is 0 Å². The second-order valence-corrected chi connectivity index (χ2v) is 4.62. The third-order valence-electron chi connectivity index (χ3n) is 3.16. The Morgan fingerprint density at radius 3 is 2.82 bits per heavy atom. The molecule has 0 aliphatic heterocycles. The third-order valence-corrected chi connectivity index (χ3v) is 3.16.